The maximum Gasteiger partial charge on any atom is 0.0835 e. The molecule has 1 aromatic carbocycles. The lowest BCUT2D eigenvalue weighted by Crippen LogP contribution is -2.33. The molecule has 0 saturated heterocycles. The Bertz CT molecular complexity index is 477. The molecular formula is C19H30N2O. The van der Waals surface area contributed by atoms with Gasteiger partial charge in [-0.05, 0) is 39.2 Å². The van der Waals surface area contributed by atoms with Crippen LogP contribution in [0.4, 0.5) is 0 Å². The van der Waals surface area contributed by atoms with Crippen LogP contribution in [0, 0.1) is 6.92 Å². The molecule has 1 aromatic rings. The summed E-state index contributed by atoms with van der Waals surface area (Å²) in [6, 6.07) is 8.51. The van der Waals surface area contributed by atoms with E-state index in [9.17, 15) is 5.11 Å². The van der Waals surface area contributed by atoms with Crippen molar-refractivity contribution < 1.29 is 5.11 Å². The summed E-state index contributed by atoms with van der Waals surface area (Å²) in [6.07, 6.45) is 5.36. The molecule has 0 aliphatic carbocycles. The first kappa shape index (κ1) is 18.4. The van der Waals surface area contributed by atoms with Gasteiger partial charge in [-0.15, -0.1) is 6.58 Å². The summed E-state index contributed by atoms with van der Waals surface area (Å²) in [5, 5.41) is 12.7. The van der Waals surface area contributed by atoms with E-state index in [1.165, 1.54) is 11.1 Å². The number of aliphatic hydroxyl groups excluding tert-OH is 1. The number of hydrogen-bond acceptors (Lipinski definition) is 2. The summed E-state index contributed by atoms with van der Waals surface area (Å²) >= 11 is 0. The Balaban J connectivity index is 2.87. The van der Waals surface area contributed by atoms with E-state index in [0.29, 0.717) is 6.42 Å². The van der Waals surface area contributed by atoms with Gasteiger partial charge in [0, 0.05) is 12.5 Å². The molecule has 0 heterocycles. The molecule has 122 valence electrons. The van der Waals surface area contributed by atoms with Crippen LogP contribution in [-0.2, 0) is 0 Å². The molecule has 0 radical (unpaired) electrons. The van der Waals surface area contributed by atoms with Crippen molar-refractivity contribution >= 4 is 6.34 Å². The molecule has 2 unspecified atom stereocenters. The summed E-state index contributed by atoms with van der Waals surface area (Å²) in [4.78, 5) is 4.57. The van der Waals surface area contributed by atoms with E-state index in [1.54, 1.807) is 6.34 Å². The Morgan fingerprint density at radius 2 is 1.95 bits per heavy atom. The molecule has 3 heteroatoms. The van der Waals surface area contributed by atoms with Crippen LogP contribution in [0.5, 0.6) is 0 Å². The zero-order chi connectivity index (χ0) is 16.6. The van der Waals surface area contributed by atoms with Crippen LogP contribution in [0.1, 0.15) is 50.7 Å². The molecule has 0 amide bonds. The average molecular weight is 302 g/mol. The van der Waals surface area contributed by atoms with Crippen molar-refractivity contribution in [2.24, 2.45) is 4.99 Å². The van der Waals surface area contributed by atoms with Crippen molar-refractivity contribution in [1.82, 2.24) is 5.32 Å². The van der Waals surface area contributed by atoms with Crippen LogP contribution >= 0.6 is 0 Å². The lowest BCUT2D eigenvalue weighted by Gasteiger charge is -2.25. The molecule has 0 aliphatic rings. The van der Waals surface area contributed by atoms with Crippen LogP contribution in [0.25, 0.3) is 0 Å². The number of aryl methyl sites for hydroxylation is 1. The highest BCUT2D eigenvalue weighted by Gasteiger charge is 2.20. The highest BCUT2D eigenvalue weighted by atomic mass is 16.3. The standard InChI is InChI=1S/C19H30N2O/c1-6-18(20-14-21-19(4,5)7-2)17(12-13-22)16-10-8-15(3)9-11-16/h6,8-11,14,17-18,22H,1,7,12-13H2,2-5H3,(H,20,21). The fourth-order valence-electron chi connectivity index (χ4n) is 2.24. The van der Waals surface area contributed by atoms with Gasteiger partial charge in [0.1, 0.15) is 0 Å². The molecule has 0 saturated carbocycles. The molecule has 3 nitrogen and oxygen atoms in total. The number of nitrogens with zero attached hydrogens (tertiary/aromatic N) is 1. The van der Waals surface area contributed by atoms with Gasteiger partial charge in [-0.2, -0.15) is 0 Å². The lowest BCUT2D eigenvalue weighted by atomic mass is 9.88. The summed E-state index contributed by atoms with van der Waals surface area (Å²) in [7, 11) is 0. The number of benzene rings is 1. The molecule has 22 heavy (non-hydrogen) atoms. The lowest BCUT2D eigenvalue weighted by molar-refractivity contribution is 0.269. The molecule has 0 aromatic heterocycles. The SMILES string of the molecule is C=CC(N/C=N\C(C)(C)CC)C(CCO)c1ccc(C)cc1. The Hall–Kier alpha value is -1.61. The van der Waals surface area contributed by atoms with Crippen LogP contribution in [-0.4, -0.2) is 29.6 Å². The van der Waals surface area contributed by atoms with Crippen molar-refractivity contribution in [2.75, 3.05) is 6.61 Å². The van der Waals surface area contributed by atoms with Crippen molar-refractivity contribution in [3.05, 3.63) is 48.0 Å². The molecule has 0 bridgehead atoms. The van der Waals surface area contributed by atoms with Crippen LogP contribution in [0.2, 0.25) is 0 Å². The zero-order valence-electron chi connectivity index (χ0n) is 14.3. The second-order valence-electron chi connectivity index (χ2n) is 6.38. The third kappa shape index (κ3) is 5.64. The highest BCUT2D eigenvalue weighted by molar-refractivity contribution is 5.56. The van der Waals surface area contributed by atoms with Crippen molar-refractivity contribution in [3.63, 3.8) is 0 Å². The van der Waals surface area contributed by atoms with Gasteiger partial charge in [0.2, 0.25) is 0 Å². The van der Waals surface area contributed by atoms with Gasteiger partial charge in [0.05, 0.1) is 17.9 Å². The number of aliphatic hydroxyl groups is 1. The zero-order valence-corrected chi connectivity index (χ0v) is 14.3. The predicted molar refractivity (Wildman–Crippen MR) is 95.6 cm³/mol. The Labute approximate surface area is 135 Å². The fourth-order valence-corrected chi connectivity index (χ4v) is 2.24. The van der Waals surface area contributed by atoms with Gasteiger partial charge >= 0.3 is 0 Å². The van der Waals surface area contributed by atoms with E-state index in [0.717, 1.165) is 6.42 Å². The third-order valence-electron chi connectivity index (χ3n) is 4.18. The first-order valence-electron chi connectivity index (χ1n) is 8.03. The van der Waals surface area contributed by atoms with Crippen LogP contribution in [0.15, 0.2) is 41.9 Å². The number of aliphatic imine (C=N–C) groups is 1. The predicted octanol–water partition coefficient (Wildman–Crippen LogP) is 3.82. The van der Waals surface area contributed by atoms with E-state index >= 15 is 0 Å². The van der Waals surface area contributed by atoms with Gasteiger partial charge in [-0.1, -0.05) is 42.8 Å². The van der Waals surface area contributed by atoms with Gasteiger partial charge in [-0.25, -0.2) is 0 Å². The second kappa shape index (κ2) is 8.74. The summed E-state index contributed by atoms with van der Waals surface area (Å²) in [5.74, 6) is 0.180. The number of nitrogens with one attached hydrogen (secondary N) is 1. The van der Waals surface area contributed by atoms with E-state index in [4.69, 9.17) is 0 Å². The van der Waals surface area contributed by atoms with Gasteiger partial charge in [0.25, 0.3) is 0 Å². The van der Waals surface area contributed by atoms with Gasteiger partial charge in [0.15, 0.2) is 0 Å². The minimum absolute atomic E-state index is 0.0475. The first-order chi connectivity index (χ1) is 10.4. The molecular weight excluding hydrogens is 272 g/mol. The number of rotatable bonds is 9. The minimum atomic E-state index is -0.0605. The van der Waals surface area contributed by atoms with E-state index in [2.05, 4.69) is 68.8 Å². The van der Waals surface area contributed by atoms with E-state index in [1.807, 2.05) is 6.08 Å². The summed E-state index contributed by atoms with van der Waals surface area (Å²) in [5.41, 5.74) is 2.38. The Morgan fingerprint density at radius 3 is 2.45 bits per heavy atom. The molecule has 0 spiro atoms. The minimum Gasteiger partial charge on any atom is -0.396 e. The second-order valence-corrected chi connectivity index (χ2v) is 6.38. The fraction of sp³-hybridized carbons (Fsp3) is 0.526. The maximum atomic E-state index is 9.39. The quantitative estimate of drug-likeness (QED) is 0.414. The molecule has 0 fully saturated rings. The summed E-state index contributed by atoms with van der Waals surface area (Å²) < 4.78 is 0. The first-order valence-corrected chi connectivity index (χ1v) is 8.03. The smallest absolute Gasteiger partial charge is 0.0835 e. The van der Waals surface area contributed by atoms with Gasteiger partial charge < -0.3 is 10.4 Å². The summed E-state index contributed by atoms with van der Waals surface area (Å²) in [6.45, 7) is 12.5. The Kier molecular flexibility index (Phi) is 7.33. The molecule has 2 atom stereocenters. The van der Waals surface area contributed by atoms with Crippen LogP contribution in [0.3, 0.4) is 0 Å². The van der Waals surface area contributed by atoms with Crippen molar-refractivity contribution in [2.45, 2.75) is 58.0 Å². The van der Waals surface area contributed by atoms with E-state index in [-0.39, 0.29) is 24.1 Å². The highest BCUT2D eigenvalue weighted by Crippen LogP contribution is 2.24. The topological polar surface area (TPSA) is 44.6 Å². The van der Waals surface area contributed by atoms with Crippen molar-refractivity contribution in [1.29, 1.82) is 0 Å². The monoisotopic (exact) mass is 302 g/mol. The largest absolute Gasteiger partial charge is 0.396 e. The number of hydrogen-bond donors (Lipinski definition) is 2. The van der Waals surface area contributed by atoms with Crippen LogP contribution < -0.4 is 5.32 Å². The van der Waals surface area contributed by atoms with Crippen molar-refractivity contribution in [3.8, 4) is 0 Å². The van der Waals surface area contributed by atoms with Gasteiger partial charge in [-0.3, -0.25) is 4.99 Å². The molecule has 1 rings (SSSR count). The normalized spacial score (nSPS) is 14.8. The average Bonchev–Trinajstić information content (AvgIpc) is 2.51. The van der Waals surface area contributed by atoms with E-state index < -0.39 is 0 Å². The molecule has 2 N–H and O–H groups in total. The maximum absolute atomic E-state index is 9.39. The molecule has 0 aliphatic heterocycles. The Morgan fingerprint density at radius 1 is 1.32 bits per heavy atom. The third-order valence-corrected chi connectivity index (χ3v) is 4.18.